The van der Waals surface area contributed by atoms with Crippen LogP contribution in [0.5, 0.6) is 0 Å². The van der Waals surface area contributed by atoms with Crippen molar-refractivity contribution < 1.29 is 9.59 Å². The topological polar surface area (TPSA) is 87.7 Å². The number of hydrogen-bond acceptors (Lipinski definition) is 4. The lowest BCUT2D eigenvalue weighted by atomic mass is 9.82. The number of rotatable bonds is 4. The summed E-state index contributed by atoms with van der Waals surface area (Å²) in [6, 6.07) is 11.4. The normalized spacial score (nSPS) is 19.7. The van der Waals surface area contributed by atoms with E-state index in [2.05, 4.69) is 20.5 Å². The lowest BCUT2D eigenvalue weighted by molar-refractivity contribution is 0.0857. The van der Waals surface area contributed by atoms with Gasteiger partial charge in [0.15, 0.2) is 5.78 Å². The first-order chi connectivity index (χ1) is 13.1. The maximum atomic E-state index is 12.8. The molecule has 1 aliphatic rings. The van der Waals surface area contributed by atoms with Gasteiger partial charge >= 0.3 is 0 Å². The Morgan fingerprint density at radius 1 is 1.07 bits per heavy atom. The van der Waals surface area contributed by atoms with Gasteiger partial charge in [-0.1, -0.05) is 18.2 Å². The molecule has 2 aromatic heterocycles. The molecule has 0 aliphatic heterocycles. The van der Waals surface area contributed by atoms with Crippen LogP contribution in [0.25, 0.3) is 10.9 Å². The second kappa shape index (κ2) is 7.31. The summed E-state index contributed by atoms with van der Waals surface area (Å²) in [5.41, 5.74) is 2.99. The second-order valence-corrected chi connectivity index (χ2v) is 7.17. The first kappa shape index (κ1) is 17.4. The van der Waals surface area contributed by atoms with Crippen molar-refractivity contribution >= 4 is 22.6 Å². The van der Waals surface area contributed by atoms with Gasteiger partial charge in [0.1, 0.15) is 5.69 Å². The largest absolute Gasteiger partial charge is 0.358 e. The Morgan fingerprint density at radius 3 is 2.59 bits per heavy atom. The Kier molecular flexibility index (Phi) is 4.71. The molecule has 6 heteroatoms. The highest BCUT2D eigenvalue weighted by Crippen LogP contribution is 2.28. The number of fused-ring (bicyclic) bond motifs is 1. The molecule has 1 aromatic carbocycles. The van der Waals surface area contributed by atoms with Crippen molar-refractivity contribution in [2.24, 2.45) is 5.92 Å². The van der Waals surface area contributed by atoms with Crippen LogP contribution in [-0.2, 0) is 0 Å². The van der Waals surface area contributed by atoms with Gasteiger partial charge in [-0.2, -0.15) is 5.10 Å². The highest BCUT2D eigenvalue weighted by atomic mass is 16.1. The first-order valence-electron chi connectivity index (χ1n) is 9.33. The highest BCUT2D eigenvalue weighted by Gasteiger charge is 2.29. The molecule has 0 spiro atoms. The third-order valence-corrected chi connectivity index (χ3v) is 5.38. The number of benzene rings is 1. The Hall–Kier alpha value is -3.02. The van der Waals surface area contributed by atoms with Crippen molar-refractivity contribution in [3.05, 3.63) is 59.5 Å². The van der Waals surface area contributed by atoms with Crippen LogP contribution in [0, 0.1) is 12.8 Å². The van der Waals surface area contributed by atoms with Crippen molar-refractivity contribution in [1.29, 1.82) is 0 Å². The second-order valence-electron chi connectivity index (χ2n) is 7.17. The minimum absolute atomic E-state index is 0.0373. The zero-order chi connectivity index (χ0) is 18.8. The number of aromatic amines is 1. The third kappa shape index (κ3) is 3.47. The van der Waals surface area contributed by atoms with E-state index in [1.54, 1.807) is 18.3 Å². The maximum Gasteiger partial charge on any atom is 0.253 e. The van der Waals surface area contributed by atoms with Crippen molar-refractivity contribution in [1.82, 2.24) is 20.5 Å². The average Bonchev–Trinajstić information content (AvgIpc) is 3.04. The van der Waals surface area contributed by atoms with Crippen LogP contribution in [0.15, 0.2) is 42.6 Å². The van der Waals surface area contributed by atoms with E-state index in [0.29, 0.717) is 11.3 Å². The predicted octanol–water partition coefficient (Wildman–Crippen LogP) is 3.44. The first-order valence-corrected chi connectivity index (χ1v) is 9.33. The Balaban J connectivity index is 1.40. The van der Waals surface area contributed by atoms with Crippen molar-refractivity contribution in [3.63, 3.8) is 0 Å². The SMILES string of the molecule is Cc1[nH]c2ccccc2c1C(=O)NC1CCC(C(=O)c2cccnn2)CC1. The summed E-state index contributed by atoms with van der Waals surface area (Å²) in [5, 5.41) is 11.8. The molecule has 3 aromatic rings. The van der Waals surface area contributed by atoms with E-state index in [9.17, 15) is 9.59 Å². The number of H-pyrrole nitrogens is 1. The number of aryl methyl sites for hydroxylation is 1. The van der Waals surface area contributed by atoms with E-state index in [4.69, 9.17) is 0 Å². The molecule has 6 nitrogen and oxygen atoms in total. The van der Waals surface area contributed by atoms with Crippen LogP contribution >= 0.6 is 0 Å². The van der Waals surface area contributed by atoms with Gasteiger partial charge in [-0.25, -0.2) is 0 Å². The number of nitrogens with zero attached hydrogens (tertiary/aromatic N) is 2. The number of amides is 1. The van der Waals surface area contributed by atoms with Crippen molar-refractivity contribution in [2.45, 2.75) is 38.6 Å². The fourth-order valence-electron chi connectivity index (χ4n) is 3.97. The molecule has 1 fully saturated rings. The molecular weight excluding hydrogens is 340 g/mol. The number of hydrogen-bond donors (Lipinski definition) is 2. The van der Waals surface area contributed by atoms with Crippen molar-refractivity contribution in [2.75, 3.05) is 0 Å². The maximum absolute atomic E-state index is 12.8. The molecule has 1 amide bonds. The molecule has 27 heavy (non-hydrogen) atoms. The number of ketones is 1. The summed E-state index contributed by atoms with van der Waals surface area (Å²) in [5.74, 6) is -0.0290. The summed E-state index contributed by atoms with van der Waals surface area (Å²) < 4.78 is 0. The van der Waals surface area contributed by atoms with Gasteiger partial charge in [-0.3, -0.25) is 9.59 Å². The van der Waals surface area contributed by atoms with E-state index < -0.39 is 0 Å². The molecule has 4 rings (SSSR count). The van der Waals surface area contributed by atoms with Gasteiger partial charge in [0.2, 0.25) is 0 Å². The fraction of sp³-hybridized carbons (Fsp3) is 0.333. The molecule has 0 radical (unpaired) electrons. The van der Waals surface area contributed by atoms with Crippen LogP contribution in [0.2, 0.25) is 0 Å². The van der Waals surface area contributed by atoms with Crippen LogP contribution in [-0.4, -0.2) is 32.9 Å². The van der Waals surface area contributed by atoms with E-state index >= 15 is 0 Å². The molecule has 0 unspecified atom stereocenters. The number of aromatic nitrogens is 3. The summed E-state index contributed by atoms with van der Waals surface area (Å²) in [7, 11) is 0. The van der Waals surface area contributed by atoms with Gasteiger partial charge in [-0.15, -0.1) is 5.10 Å². The molecule has 0 saturated heterocycles. The van der Waals surface area contributed by atoms with E-state index in [1.165, 1.54) is 0 Å². The van der Waals surface area contributed by atoms with Gasteiger partial charge < -0.3 is 10.3 Å². The average molecular weight is 362 g/mol. The number of Topliss-reactive ketones (excluding diaryl/α,β-unsaturated/α-hetero) is 1. The summed E-state index contributed by atoms with van der Waals surface area (Å²) >= 11 is 0. The molecule has 0 atom stereocenters. The molecule has 0 bridgehead atoms. The van der Waals surface area contributed by atoms with E-state index in [0.717, 1.165) is 42.3 Å². The zero-order valence-electron chi connectivity index (χ0n) is 15.2. The smallest absolute Gasteiger partial charge is 0.253 e. The molecule has 1 saturated carbocycles. The van der Waals surface area contributed by atoms with Crippen LogP contribution < -0.4 is 5.32 Å². The van der Waals surface area contributed by atoms with Gasteiger partial charge in [0.05, 0.1) is 5.56 Å². The summed E-state index contributed by atoms with van der Waals surface area (Å²) in [4.78, 5) is 28.6. The van der Waals surface area contributed by atoms with E-state index in [1.807, 2.05) is 31.2 Å². The third-order valence-electron chi connectivity index (χ3n) is 5.38. The number of para-hydroxylation sites is 1. The molecule has 1 aliphatic carbocycles. The standard InChI is InChI=1S/C21H22N4O2/c1-13-19(16-5-2-3-6-17(16)23-13)21(27)24-15-10-8-14(9-11-15)20(26)18-7-4-12-22-25-18/h2-7,12,14-15,23H,8-11H2,1H3,(H,24,27). The Bertz CT molecular complexity index is 972. The molecule has 138 valence electrons. The van der Waals surface area contributed by atoms with Gasteiger partial charge in [-0.05, 0) is 50.8 Å². The lowest BCUT2D eigenvalue weighted by Gasteiger charge is -2.28. The monoisotopic (exact) mass is 362 g/mol. The lowest BCUT2D eigenvalue weighted by Crippen LogP contribution is -2.39. The molecule has 2 N–H and O–H groups in total. The van der Waals surface area contributed by atoms with Crippen LogP contribution in [0.3, 0.4) is 0 Å². The Labute approximate surface area is 157 Å². The number of nitrogens with one attached hydrogen (secondary N) is 2. The molecular formula is C21H22N4O2. The van der Waals surface area contributed by atoms with Crippen LogP contribution in [0.4, 0.5) is 0 Å². The minimum Gasteiger partial charge on any atom is -0.358 e. The zero-order valence-corrected chi connectivity index (χ0v) is 15.2. The molecule has 2 heterocycles. The fourth-order valence-corrected chi connectivity index (χ4v) is 3.97. The highest BCUT2D eigenvalue weighted by molar-refractivity contribution is 6.08. The van der Waals surface area contributed by atoms with Crippen LogP contribution in [0.1, 0.15) is 52.2 Å². The number of carbonyl (C=O) groups excluding carboxylic acids is 2. The number of carbonyl (C=O) groups is 2. The van der Waals surface area contributed by atoms with E-state index in [-0.39, 0.29) is 23.7 Å². The van der Waals surface area contributed by atoms with Gasteiger partial charge in [0, 0.05) is 34.8 Å². The minimum atomic E-state index is -0.0475. The summed E-state index contributed by atoms with van der Waals surface area (Å²) in [6.45, 7) is 1.92. The summed E-state index contributed by atoms with van der Waals surface area (Å²) in [6.07, 6.45) is 4.67. The van der Waals surface area contributed by atoms with Crippen molar-refractivity contribution in [3.8, 4) is 0 Å². The quantitative estimate of drug-likeness (QED) is 0.696. The predicted molar refractivity (Wildman–Crippen MR) is 103 cm³/mol. The Morgan fingerprint density at radius 2 is 1.85 bits per heavy atom. The van der Waals surface area contributed by atoms with Gasteiger partial charge in [0.25, 0.3) is 5.91 Å².